The molecule has 0 N–H and O–H groups in total. The Morgan fingerprint density at radius 2 is 0.516 bits per heavy atom. The zero-order valence-corrected chi connectivity index (χ0v) is 43.1. The van der Waals surface area contributed by atoms with Crippen molar-refractivity contribution >= 4 is 17.9 Å². The van der Waals surface area contributed by atoms with Crippen molar-refractivity contribution in [3.8, 4) is 0 Å². The highest BCUT2D eigenvalue weighted by Crippen LogP contribution is 2.16. The Bertz CT molecular complexity index is 1040. The summed E-state index contributed by atoms with van der Waals surface area (Å²) >= 11 is 0. The molecule has 0 spiro atoms. The summed E-state index contributed by atoms with van der Waals surface area (Å²) in [5.74, 6) is -0.867. The van der Waals surface area contributed by atoms with Crippen molar-refractivity contribution < 1.29 is 28.6 Å². The molecule has 6 nitrogen and oxygen atoms in total. The third-order valence-electron chi connectivity index (χ3n) is 12.7. The van der Waals surface area contributed by atoms with Gasteiger partial charge in [-0.05, 0) is 70.6 Å². The quantitative estimate of drug-likeness (QED) is 0.0262. The Labute approximate surface area is 398 Å². The van der Waals surface area contributed by atoms with E-state index in [0.29, 0.717) is 19.3 Å². The Balaban J connectivity index is 4.33. The molecule has 0 radical (unpaired) electrons. The highest BCUT2D eigenvalue weighted by molar-refractivity contribution is 5.71. The average molecular weight is 901 g/mol. The van der Waals surface area contributed by atoms with Crippen LogP contribution in [0.4, 0.5) is 0 Å². The molecule has 376 valence electrons. The van der Waals surface area contributed by atoms with Crippen LogP contribution in [0, 0.1) is 0 Å². The van der Waals surface area contributed by atoms with E-state index in [2.05, 4.69) is 45.1 Å². The molecule has 1 atom stereocenters. The first-order valence-corrected chi connectivity index (χ1v) is 28.3. The van der Waals surface area contributed by atoms with Gasteiger partial charge in [-0.3, -0.25) is 14.4 Å². The first-order chi connectivity index (χ1) is 31.5. The van der Waals surface area contributed by atoms with Gasteiger partial charge in [0, 0.05) is 19.3 Å². The molecular formula is C58H108O6. The number of hydrogen-bond donors (Lipinski definition) is 0. The standard InChI is InChI=1S/C58H108O6/c1-4-7-10-13-16-19-22-25-28-29-30-31-34-36-39-42-45-48-51-57(60)63-54-55(64-58(61)52-49-46-43-40-37-33-27-24-21-18-15-12-9-6-3)53-62-56(59)50-47-44-41-38-35-32-26-23-20-17-14-11-8-5-2/h24,27-29,55H,4-23,25-26,30-54H2,1-3H3/b27-24-,29-28-. The molecule has 0 amide bonds. The van der Waals surface area contributed by atoms with Gasteiger partial charge in [0.25, 0.3) is 0 Å². The molecule has 0 aliphatic carbocycles. The number of rotatable bonds is 52. The first kappa shape index (κ1) is 61.9. The average Bonchev–Trinajstić information content (AvgIpc) is 3.29. The Hall–Kier alpha value is -2.11. The molecule has 0 bridgehead atoms. The van der Waals surface area contributed by atoms with E-state index in [0.717, 1.165) is 64.2 Å². The number of unbranched alkanes of at least 4 members (excludes halogenated alkanes) is 37. The molecule has 0 aliphatic rings. The summed E-state index contributed by atoms with van der Waals surface area (Å²) in [6.07, 6.45) is 61.6. The first-order valence-electron chi connectivity index (χ1n) is 28.3. The van der Waals surface area contributed by atoms with E-state index in [4.69, 9.17) is 14.2 Å². The molecule has 0 saturated carbocycles. The van der Waals surface area contributed by atoms with Crippen molar-refractivity contribution in [1.82, 2.24) is 0 Å². The van der Waals surface area contributed by atoms with Gasteiger partial charge in [-0.15, -0.1) is 0 Å². The summed E-state index contributed by atoms with van der Waals surface area (Å²) in [7, 11) is 0. The Morgan fingerprint density at radius 1 is 0.297 bits per heavy atom. The van der Waals surface area contributed by atoms with Crippen LogP contribution in [0.2, 0.25) is 0 Å². The Kier molecular flexibility index (Phi) is 51.7. The molecule has 0 aromatic rings. The minimum absolute atomic E-state index is 0.0717. The van der Waals surface area contributed by atoms with Crippen LogP contribution in [0.25, 0.3) is 0 Å². The zero-order valence-electron chi connectivity index (χ0n) is 43.1. The van der Waals surface area contributed by atoms with Crippen LogP contribution >= 0.6 is 0 Å². The SMILES string of the molecule is CCCCCCC/C=C\CCCCCCCC(=O)OC(COC(=O)CCCCCCCCC/C=C\CCCCCCCCC)COC(=O)CCCCCCCCCCCCCCCC. The van der Waals surface area contributed by atoms with E-state index in [1.807, 2.05) is 0 Å². The smallest absolute Gasteiger partial charge is 0.306 e. The summed E-state index contributed by atoms with van der Waals surface area (Å²) in [6.45, 7) is 6.66. The van der Waals surface area contributed by atoms with E-state index in [1.54, 1.807) is 0 Å². The molecular weight excluding hydrogens is 793 g/mol. The van der Waals surface area contributed by atoms with Crippen molar-refractivity contribution in [2.75, 3.05) is 13.2 Å². The predicted octanol–water partition coefficient (Wildman–Crippen LogP) is 18.7. The van der Waals surface area contributed by atoms with Gasteiger partial charge >= 0.3 is 17.9 Å². The third-order valence-corrected chi connectivity index (χ3v) is 12.7. The van der Waals surface area contributed by atoms with Crippen LogP contribution in [0.5, 0.6) is 0 Å². The van der Waals surface area contributed by atoms with Crippen LogP contribution in [-0.4, -0.2) is 37.2 Å². The number of hydrogen-bond acceptors (Lipinski definition) is 6. The molecule has 0 heterocycles. The number of esters is 3. The minimum Gasteiger partial charge on any atom is -0.462 e. The highest BCUT2D eigenvalue weighted by atomic mass is 16.6. The number of allylic oxidation sites excluding steroid dienone is 4. The maximum atomic E-state index is 12.8. The van der Waals surface area contributed by atoms with Crippen molar-refractivity contribution in [3.05, 3.63) is 24.3 Å². The van der Waals surface area contributed by atoms with Crippen molar-refractivity contribution in [2.45, 2.75) is 316 Å². The van der Waals surface area contributed by atoms with Gasteiger partial charge in [0.05, 0.1) is 0 Å². The van der Waals surface area contributed by atoms with E-state index in [-0.39, 0.29) is 31.1 Å². The number of carbonyl (C=O) groups excluding carboxylic acids is 3. The normalized spacial score (nSPS) is 12.1. The molecule has 6 heteroatoms. The zero-order chi connectivity index (χ0) is 46.5. The molecule has 0 fully saturated rings. The van der Waals surface area contributed by atoms with E-state index < -0.39 is 6.10 Å². The molecule has 0 aromatic carbocycles. The van der Waals surface area contributed by atoms with Crippen molar-refractivity contribution in [2.24, 2.45) is 0 Å². The van der Waals surface area contributed by atoms with Gasteiger partial charge in [-0.1, -0.05) is 244 Å². The fourth-order valence-corrected chi connectivity index (χ4v) is 8.37. The van der Waals surface area contributed by atoms with Crippen molar-refractivity contribution in [3.63, 3.8) is 0 Å². The topological polar surface area (TPSA) is 78.9 Å². The van der Waals surface area contributed by atoms with E-state index in [9.17, 15) is 14.4 Å². The summed E-state index contributed by atoms with van der Waals surface area (Å²) in [5.41, 5.74) is 0. The van der Waals surface area contributed by atoms with Gasteiger partial charge in [0.2, 0.25) is 0 Å². The Morgan fingerprint density at radius 3 is 0.781 bits per heavy atom. The van der Waals surface area contributed by atoms with E-state index >= 15 is 0 Å². The summed E-state index contributed by atoms with van der Waals surface area (Å²) < 4.78 is 16.9. The second-order valence-corrected chi connectivity index (χ2v) is 19.2. The molecule has 0 aromatic heterocycles. The van der Waals surface area contributed by atoms with Gasteiger partial charge in [0.1, 0.15) is 13.2 Å². The second-order valence-electron chi connectivity index (χ2n) is 19.2. The van der Waals surface area contributed by atoms with Gasteiger partial charge in [-0.25, -0.2) is 0 Å². The van der Waals surface area contributed by atoms with Crippen LogP contribution in [-0.2, 0) is 28.6 Å². The van der Waals surface area contributed by atoms with Crippen LogP contribution in [0.1, 0.15) is 310 Å². The molecule has 1 unspecified atom stereocenters. The molecule has 0 aliphatic heterocycles. The minimum atomic E-state index is -0.773. The summed E-state index contributed by atoms with van der Waals surface area (Å²) in [4.78, 5) is 38.1. The molecule has 64 heavy (non-hydrogen) atoms. The van der Waals surface area contributed by atoms with E-state index in [1.165, 1.54) is 205 Å². The maximum absolute atomic E-state index is 12.8. The van der Waals surface area contributed by atoms with Crippen LogP contribution in [0.3, 0.4) is 0 Å². The summed E-state index contributed by atoms with van der Waals surface area (Å²) in [5, 5.41) is 0. The lowest BCUT2D eigenvalue weighted by Gasteiger charge is -2.18. The van der Waals surface area contributed by atoms with Crippen LogP contribution < -0.4 is 0 Å². The van der Waals surface area contributed by atoms with Gasteiger partial charge < -0.3 is 14.2 Å². The lowest BCUT2D eigenvalue weighted by atomic mass is 10.0. The van der Waals surface area contributed by atoms with Crippen LogP contribution in [0.15, 0.2) is 24.3 Å². The fourth-order valence-electron chi connectivity index (χ4n) is 8.37. The van der Waals surface area contributed by atoms with Crippen molar-refractivity contribution in [1.29, 1.82) is 0 Å². The number of carbonyl (C=O) groups is 3. The lowest BCUT2D eigenvalue weighted by Crippen LogP contribution is -2.30. The fraction of sp³-hybridized carbons (Fsp3) is 0.879. The second kappa shape index (κ2) is 53.5. The number of ether oxygens (including phenoxy) is 3. The predicted molar refractivity (Wildman–Crippen MR) is 275 cm³/mol. The maximum Gasteiger partial charge on any atom is 0.306 e. The lowest BCUT2D eigenvalue weighted by molar-refractivity contribution is -0.167. The monoisotopic (exact) mass is 901 g/mol. The largest absolute Gasteiger partial charge is 0.462 e. The molecule has 0 rings (SSSR count). The third kappa shape index (κ3) is 50.9. The van der Waals surface area contributed by atoms with Gasteiger partial charge in [-0.2, -0.15) is 0 Å². The summed E-state index contributed by atoms with van der Waals surface area (Å²) in [6, 6.07) is 0. The molecule has 0 saturated heterocycles. The highest BCUT2D eigenvalue weighted by Gasteiger charge is 2.19. The van der Waals surface area contributed by atoms with Gasteiger partial charge in [0.15, 0.2) is 6.10 Å².